The molecule has 22 heavy (non-hydrogen) atoms. The van der Waals surface area contributed by atoms with Crippen LogP contribution in [0.4, 0.5) is 0 Å². The normalized spacial score (nSPS) is 14.7. The Kier molecular flexibility index (Phi) is 4.58. The molecule has 1 aliphatic rings. The van der Waals surface area contributed by atoms with E-state index in [2.05, 4.69) is 20.3 Å². The lowest BCUT2D eigenvalue weighted by Gasteiger charge is -2.15. The van der Waals surface area contributed by atoms with Crippen LogP contribution in [0, 0.1) is 0 Å². The second kappa shape index (κ2) is 6.98. The number of ether oxygens (including phenoxy) is 1. The molecule has 0 aromatic carbocycles. The molecule has 0 radical (unpaired) electrons. The molecule has 114 valence electrons. The quantitative estimate of drug-likeness (QED) is 0.915. The maximum Gasteiger partial charge on any atom is 0.271 e. The summed E-state index contributed by atoms with van der Waals surface area (Å²) in [6, 6.07) is 3.75. The number of nitrogens with one attached hydrogen (secondary N) is 1. The van der Waals surface area contributed by atoms with E-state index in [9.17, 15) is 4.79 Å². The molecule has 2 aromatic heterocycles. The molecule has 0 bridgehead atoms. The van der Waals surface area contributed by atoms with Gasteiger partial charge in [0.15, 0.2) is 0 Å². The molecule has 6 nitrogen and oxygen atoms in total. The van der Waals surface area contributed by atoms with Crippen molar-refractivity contribution in [3.63, 3.8) is 0 Å². The Morgan fingerprint density at radius 3 is 2.86 bits per heavy atom. The largest absolute Gasteiger partial charge is 0.474 e. The highest BCUT2D eigenvalue weighted by atomic mass is 16.5. The second-order valence-corrected chi connectivity index (χ2v) is 5.27. The van der Waals surface area contributed by atoms with E-state index in [1.807, 2.05) is 12.1 Å². The molecule has 0 unspecified atom stereocenters. The van der Waals surface area contributed by atoms with Crippen molar-refractivity contribution in [2.45, 2.75) is 38.3 Å². The van der Waals surface area contributed by atoms with Gasteiger partial charge in [-0.3, -0.25) is 9.78 Å². The first-order valence-corrected chi connectivity index (χ1v) is 7.47. The number of nitrogens with zero attached hydrogens (tertiary/aromatic N) is 3. The summed E-state index contributed by atoms with van der Waals surface area (Å²) in [5.74, 6) is 0.345. The van der Waals surface area contributed by atoms with E-state index in [0.29, 0.717) is 18.1 Å². The standard InChI is InChI=1S/C16H18N4O2/c21-15(14-11-17-8-9-18-14)20-10-12-4-3-7-19-16(12)22-13-5-1-2-6-13/h3-4,7-9,11,13H,1-2,5-6,10H2,(H,20,21). The van der Waals surface area contributed by atoms with Gasteiger partial charge < -0.3 is 10.1 Å². The molecule has 1 saturated carbocycles. The molecule has 1 aliphatic carbocycles. The van der Waals surface area contributed by atoms with Gasteiger partial charge >= 0.3 is 0 Å². The summed E-state index contributed by atoms with van der Waals surface area (Å²) < 4.78 is 5.95. The van der Waals surface area contributed by atoms with E-state index in [1.54, 1.807) is 6.20 Å². The van der Waals surface area contributed by atoms with Crippen LogP contribution in [-0.4, -0.2) is 27.0 Å². The maximum atomic E-state index is 12.0. The summed E-state index contributed by atoms with van der Waals surface area (Å²) >= 11 is 0. The number of rotatable bonds is 5. The summed E-state index contributed by atoms with van der Waals surface area (Å²) in [6.07, 6.45) is 11.0. The Balaban J connectivity index is 1.63. The molecule has 3 rings (SSSR count). The third-order valence-electron chi connectivity index (χ3n) is 3.67. The zero-order chi connectivity index (χ0) is 15.2. The maximum absolute atomic E-state index is 12.0. The first-order chi connectivity index (χ1) is 10.8. The van der Waals surface area contributed by atoms with E-state index in [-0.39, 0.29) is 12.0 Å². The van der Waals surface area contributed by atoms with Crippen LogP contribution in [0.2, 0.25) is 0 Å². The average Bonchev–Trinajstić information content (AvgIpc) is 3.07. The van der Waals surface area contributed by atoms with Gasteiger partial charge in [-0.2, -0.15) is 0 Å². The minimum Gasteiger partial charge on any atom is -0.474 e. The zero-order valence-corrected chi connectivity index (χ0v) is 12.2. The number of carbonyl (C=O) groups excluding carboxylic acids is 1. The topological polar surface area (TPSA) is 77.0 Å². The SMILES string of the molecule is O=C(NCc1cccnc1OC1CCCC1)c1cnccn1. The monoisotopic (exact) mass is 298 g/mol. The van der Waals surface area contributed by atoms with Gasteiger partial charge in [-0.05, 0) is 31.7 Å². The van der Waals surface area contributed by atoms with E-state index < -0.39 is 0 Å². The lowest BCUT2D eigenvalue weighted by molar-refractivity contribution is 0.0945. The van der Waals surface area contributed by atoms with Crippen LogP contribution in [0.3, 0.4) is 0 Å². The lowest BCUT2D eigenvalue weighted by atomic mass is 10.2. The average molecular weight is 298 g/mol. The van der Waals surface area contributed by atoms with Crippen LogP contribution < -0.4 is 10.1 Å². The van der Waals surface area contributed by atoms with Gasteiger partial charge in [-0.25, -0.2) is 9.97 Å². The molecular formula is C16H18N4O2. The van der Waals surface area contributed by atoms with Crippen molar-refractivity contribution < 1.29 is 9.53 Å². The Morgan fingerprint density at radius 2 is 2.09 bits per heavy atom. The van der Waals surface area contributed by atoms with Crippen LogP contribution in [0.25, 0.3) is 0 Å². The number of aromatic nitrogens is 3. The Hall–Kier alpha value is -2.50. The fourth-order valence-corrected chi connectivity index (χ4v) is 2.51. The van der Waals surface area contributed by atoms with Gasteiger partial charge in [0.1, 0.15) is 11.8 Å². The van der Waals surface area contributed by atoms with Crippen LogP contribution in [0.1, 0.15) is 41.7 Å². The van der Waals surface area contributed by atoms with Crippen LogP contribution in [-0.2, 0) is 6.54 Å². The molecule has 6 heteroatoms. The second-order valence-electron chi connectivity index (χ2n) is 5.27. The van der Waals surface area contributed by atoms with Gasteiger partial charge in [-0.15, -0.1) is 0 Å². The van der Waals surface area contributed by atoms with Crippen molar-refractivity contribution in [1.29, 1.82) is 0 Å². The predicted molar refractivity (Wildman–Crippen MR) is 80.3 cm³/mol. The van der Waals surface area contributed by atoms with Crippen LogP contribution in [0.15, 0.2) is 36.9 Å². The third kappa shape index (κ3) is 3.58. The molecule has 0 spiro atoms. The lowest BCUT2D eigenvalue weighted by Crippen LogP contribution is -2.24. The summed E-state index contributed by atoms with van der Waals surface area (Å²) in [5, 5.41) is 2.82. The smallest absolute Gasteiger partial charge is 0.271 e. The van der Waals surface area contributed by atoms with Crippen molar-refractivity contribution in [2.24, 2.45) is 0 Å². The third-order valence-corrected chi connectivity index (χ3v) is 3.67. The molecule has 1 N–H and O–H groups in total. The van der Waals surface area contributed by atoms with Crippen LogP contribution >= 0.6 is 0 Å². The predicted octanol–water partition coefficient (Wildman–Crippen LogP) is 2.12. The molecule has 0 saturated heterocycles. The summed E-state index contributed by atoms with van der Waals surface area (Å²) in [4.78, 5) is 24.2. The fourth-order valence-electron chi connectivity index (χ4n) is 2.51. The summed E-state index contributed by atoms with van der Waals surface area (Å²) in [6.45, 7) is 0.352. The van der Waals surface area contributed by atoms with Gasteiger partial charge in [0.25, 0.3) is 5.91 Å². The molecule has 2 heterocycles. The summed E-state index contributed by atoms with van der Waals surface area (Å²) in [5.41, 5.74) is 1.16. The van der Waals surface area contributed by atoms with Gasteiger partial charge in [0.05, 0.1) is 6.20 Å². The molecular weight excluding hydrogens is 280 g/mol. The Labute approximate surface area is 129 Å². The number of carbonyl (C=O) groups is 1. The Bertz CT molecular complexity index is 627. The van der Waals surface area contributed by atoms with Gasteiger partial charge in [-0.1, -0.05) is 6.07 Å². The van der Waals surface area contributed by atoms with Crippen molar-refractivity contribution in [3.8, 4) is 5.88 Å². The number of hydrogen-bond donors (Lipinski definition) is 1. The number of amides is 1. The molecule has 1 fully saturated rings. The first kappa shape index (κ1) is 14.4. The molecule has 0 aliphatic heterocycles. The highest BCUT2D eigenvalue weighted by Gasteiger charge is 2.18. The Morgan fingerprint density at radius 1 is 1.23 bits per heavy atom. The highest BCUT2D eigenvalue weighted by Crippen LogP contribution is 2.24. The minimum atomic E-state index is -0.260. The fraction of sp³-hybridized carbons (Fsp3) is 0.375. The van der Waals surface area contributed by atoms with Crippen molar-refractivity contribution >= 4 is 5.91 Å². The zero-order valence-electron chi connectivity index (χ0n) is 12.2. The van der Waals surface area contributed by atoms with Crippen molar-refractivity contribution in [1.82, 2.24) is 20.3 Å². The molecule has 2 aromatic rings. The minimum absolute atomic E-state index is 0.240. The van der Waals surface area contributed by atoms with Crippen LogP contribution in [0.5, 0.6) is 5.88 Å². The number of pyridine rings is 1. The first-order valence-electron chi connectivity index (χ1n) is 7.47. The van der Waals surface area contributed by atoms with E-state index in [4.69, 9.17) is 4.74 Å². The molecule has 0 atom stereocenters. The van der Waals surface area contributed by atoms with Crippen molar-refractivity contribution in [2.75, 3.05) is 0 Å². The van der Waals surface area contributed by atoms with Crippen molar-refractivity contribution in [3.05, 3.63) is 48.2 Å². The summed E-state index contributed by atoms with van der Waals surface area (Å²) in [7, 11) is 0. The molecule has 1 amide bonds. The van der Waals surface area contributed by atoms with E-state index in [1.165, 1.54) is 31.4 Å². The van der Waals surface area contributed by atoms with E-state index >= 15 is 0 Å². The van der Waals surface area contributed by atoms with Gasteiger partial charge in [0.2, 0.25) is 5.88 Å². The van der Waals surface area contributed by atoms with Gasteiger partial charge in [0, 0.05) is 30.7 Å². The highest BCUT2D eigenvalue weighted by molar-refractivity contribution is 5.91. The number of hydrogen-bond acceptors (Lipinski definition) is 5. The van der Waals surface area contributed by atoms with E-state index in [0.717, 1.165) is 18.4 Å².